The van der Waals surface area contributed by atoms with Gasteiger partial charge >= 0.3 is 6.03 Å². The van der Waals surface area contributed by atoms with Crippen LogP contribution in [-0.4, -0.2) is 53.2 Å². The van der Waals surface area contributed by atoms with E-state index in [9.17, 15) is 9.59 Å². The Hall–Kier alpha value is -3.16. The summed E-state index contributed by atoms with van der Waals surface area (Å²) in [5.41, 5.74) is 7.12. The van der Waals surface area contributed by atoms with Crippen LogP contribution < -0.4 is 16.0 Å². The number of carbonyl (C=O) groups is 2. The highest BCUT2D eigenvalue weighted by Gasteiger charge is 2.21. The number of benzene rings is 1. The molecule has 0 unspecified atom stereocenters. The third kappa shape index (κ3) is 4.27. The van der Waals surface area contributed by atoms with Crippen LogP contribution in [0, 0.1) is 6.92 Å². The fraction of sp³-hybridized carbons (Fsp3) is 0.333. The molecule has 0 bridgehead atoms. The highest BCUT2D eigenvalue weighted by molar-refractivity contribution is 5.95. The first kappa shape index (κ1) is 17.7. The van der Waals surface area contributed by atoms with Crippen LogP contribution in [0.2, 0.25) is 0 Å². The van der Waals surface area contributed by atoms with E-state index in [1.807, 2.05) is 24.0 Å². The Morgan fingerprint density at radius 1 is 1.00 bits per heavy atom. The summed E-state index contributed by atoms with van der Waals surface area (Å²) in [6, 6.07) is 10.0. The molecular weight excluding hydrogens is 332 g/mol. The molecule has 8 nitrogen and oxygen atoms in total. The number of hydrogen-bond donors (Lipinski definition) is 2. The second-order valence-electron chi connectivity index (χ2n) is 6.23. The van der Waals surface area contributed by atoms with Gasteiger partial charge in [0.2, 0.25) is 0 Å². The standard InChI is InChI=1S/C18H22N6O2/c1-13-3-8-16(22-21-13)23-9-2-10-24(12-11-23)17(25)14-4-6-15(7-5-14)20-18(19)26/h3-8H,2,9-12H2,1H3,(H3,19,20,26). The molecule has 2 heterocycles. The molecular formula is C18H22N6O2. The van der Waals surface area contributed by atoms with E-state index >= 15 is 0 Å². The fourth-order valence-electron chi connectivity index (χ4n) is 2.93. The number of anilines is 2. The minimum absolute atomic E-state index is 0.0209. The SMILES string of the molecule is Cc1ccc(N2CCCN(C(=O)c3ccc(NC(N)=O)cc3)CC2)nn1. The van der Waals surface area contributed by atoms with Gasteiger partial charge in [0, 0.05) is 37.4 Å². The van der Waals surface area contributed by atoms with E-state index in [0.29, 0.717) is 30.9 Å². The van der Waals surface area contributed by atoms with Gasteiger partial charge in [-0.15, -0.1) is 5.10 Å². The number of nitrogens with zero attached hydrogens (tertiary/aromatic N) is 4. The summed E-state index contributed by atoms with van der Waals surface area (Å²) >= 11 is 0. The highest BCUT2D eigenvalue weighted by atomic mass is 16.2. The zero-order valence-corrected chi connectivity index (χ0v) is 14.7. The summed E-state index contributed by atoms with van der Waals surface area (Å²) in [6.45, 7) is 4.77. The molecule has 1 fully saturated rings. The van der Waals surface area contributed by atoms with Crippen LogP contribution in [0.5, 0.6) is 0 Å². The summed E-state index contributed by atoms with van der Waals surface area (Å²) in [7, 11) is 0. The molecule has 8 heteroatoms. The zero-order chi connectivity index (χ0) is 18.5. The molecule has 3 amide bonds. The van der Waals surface area contributed by atoms with Gasteiger partial charge in [0.15, 0.2) is 5.82 Å². The average Bonchev–Trinajstić information content (AvgIpc) is 2.88. The number of rotatable bonds is 3. The smallest absolute Gasteiger partial charge is 0.316 e. The van der Waals surface area contributed by atoms with Gasteiger partial charge in [-0.05, 0) is 49.7 Å². The van der Waals surface area contributed by atoms with Gasteiger partial charge in [0.05, 0.1) is 5.69 Å². The maximum Gasteiger partial charge on any atom is 0.316 e. The Bertz CT molecular complexity index is 775. The number of aromatic nitrogens is 2. The quantitative estimate of drug-likeness (QED) is 0.872. The van der Waals surface area contributed by atoms with Crippen molar-refractivity contribution in [1.82, 2.24) is 15.1 Å². The zero-order valence-electron chi connectivity index (χ0n) is 14.7. The van der Waals surface area contributed by atoms with Crippen LogP contribution in [0.1, 0.15) is 22.5 Å². The van der Waals surface area contributed by atoms with Gasteiger partial charge in [0.1, 0.15) is 0 Å². The van der Waals surface area contributed by atoms with E-state index in [2.05, 4.69) is 20.4 Å². The normalized spacial score (nSPS) is 14.7. The van der Waals surface area contributed by atoms with Crippen molar-refractivity contribution in [3.05, 3.63) is 47.7 Å². The number of aryl methyl sites for hydroxylation is 1. The van der Waals surface area contributed by atoms with Crippen molar-refractivity contribution in [2.45, 2.75) is 13.3 Å². The number of carbonyl (C=O) groups excluding carboxylic acids is 2. The second kappa shape index (κ2) is 7.81. The fourth-order valence-corrected chi connectivity index (χ4v) is 2.93. The Morgan fingerprint density at radius 2 is 1.77 bits per heavy atom. The largest absolute Gasteiger partial charge is 0.353 e. The lowest BCUT2D eigenvalue weighted by atomic mass is 10.1. The van der Waals surface area contributed by atoms with Crippen LogP contribution in [0.4, 0.5) is 16.3 Å². The van der Waals surface area contributed by atoms with E-state index in [-0.39, 0.29) is 5.91 Å². The van der Waals surface area contributed by atoms with Crippen LogP contribution >= 0.6 is 0 Å². The maximum atomic E-state index is 12.7. The molecule has 1 aromatic carbocycles. The lowest BCUT2D eigenvalue weighted by Crippen LogP contribution is -2.35. The van der Waals surface area contributed by atoms with Crippen molar-refractivity contribution in [3.8, 4) is 0 Å². The Labute approximate surface area is 152 Å². The lowest BCUT2D eigenvalue weighted by Gasteiger charge is -2.22. The van der Waals surface area contributed by atoms with E-state index in [0.717, 1.165) is 24.5 Å². The summed E-state index contributed by atoms with van der Waals surface area (Å²) in [4.78, 5) is 27.6. The molecule has 136 valence electrons. The first-order valence-corrected chi connectivity index (χ1v) is 8.54. The minimum Gasteiger partial charge on any atom is -0.353 e. The summed E-state index contributed by atoms with van der Waals surface area (Å²) < 4.78 is 0. The Balaban J connectivity index is 1.63. The molecule has 1 aromatic heterocycles. The van der Waals surface area contributed by atoms with Crippen LogP contribution in [-0.2, 0) is 0 Å². The van der Waals surface area contributed by atoms with Crippen LogP contribution in [0.25, 0.3) is 0 Å². The molecule has 0 spiro atoms. The summed E-state index contributed by atoms with van der Waals surface area (Å²) in [6.07, 6.45) is 0.864. The van der Waals surface area contributed by atoms with Gasteiger partial charge in [0.25, 0.3) is 5.91 Å². The van der Waals surface area contributed by atoms with Crippen molar-refractivity contribution in [1.29, 1.82) is 0 Å². The minimum atomic E-state index is -0.629. The molecule has 3 N–H and O–H groups in total. The van der Waals surface area contributed by atoms with E-state index in [1.54, 1.807) is 24.3 Å². The molecule has 1 aliphatic rings. The van der Waals surface area contributed by atoms with Crippen molar-refractivity contribution in [2.24, 2.45) is 5.73 Å². The first-order chi connectivity index (χ1) is 12.5. The molecule has 0 saturated carbocycles. The Morgan fingerprint density at radius 3 is 2.42 bits per heavy atom. The predicted octanol–water partition coefficient (Wildman–Crippen LogP) is 1.63. The van der Waals surface area contributed by atoms with Crippen LogP contribution in [0.3, 0.4) is 0 Å². The van der Waals surface area contributed by atoms with Gasteiger partial charge in [-0.2, -0.15) is 5.10 Å². The van der Waals surface area contributed by atoms with Crippen molar-refractivity contribution in [2.75, 3.05) is 36.4 Å². The number of hydrogen-bond acceptors (Lipinski definition) is 5. The van der Waals surface area contributed by atoms with E-state index < -0.39 is 6.03 Å². The molecule has 0 aliphatic carbocycles. The highest BCUT2D eigenvalue weighted by Crippen LogP contribution is 2.16. The third-order valence-electron chi connectivity index (χ3n) is 4.29. The van der Waals surface area contributed by atoms with Gasteiger partial charge in [-0.25, -0.2) is 4.79 Å². The second-order valence-corrected chi connectivity index (χ2v) is 6.23. The van der Waals surface area contributed by atoms with Crippen molar-refractivity contribution < 1.29 is 9.59 Å². The molecule has 1 saturated heterocycles. The molecule has 26 heavy (non-hydrogen) atoms. The van der Waals surface area contributed by atoms with Gasteiger partial charge < -0.3 is 20.9 Å². The van der Waals surface area contributed by atoms with E-state index in [1.165, 1.54) is 0 Å². The number of amides is 3. The molecule has 0 atom stereocenters. The van der Waals surface area contributed by atoms with Gasteiger partial charge in [-0.3, -0.25) is 4.79 Å². The summed E-state index contributed by atoms with van der Waals surface area (Å²) in [5, 5.41) is 10.8. The third-order valence-corrected chi connectivity index (χ3v) is 4.29. The molecule has 3 rings (SSSR count). The predicted molar refractivity (Wildman–Crippen MR) is 99.2 cm³/mol. The lowest BCUT2D eigenvalue weighted by molar-refractivity contribution is 0.0767. The number of nitrogens with one attached hydrogen (secondary N) is 1. The Kier molecular flexibility index (Phi) is 5.31. The van der Waals surface area contributed by atoms with Gasteiger partial charge in [-0.1, -0.05) is 0 Å². The van der Waals surface area contributed by atoms with Crippen molar-refractivity contribution >= 4 is 23.4 Å². The molecule has 1 aliphatic heterocycles. The number of urea groups is 1. The monoisotopic (exact) mass is 354 g/mol. The van der Waals surface area contributed by atoms with E-state index in [4.69, 9.17) is 5.73 Å². The number of primary amides is 1. The summed E-state index contributed by atoms with van der Waals surface area (Å²) in [5.74, 6) is 0.819. The maximum absolute atomic E-state index is 12.7. The molecule has 0 radical (unpaired) electrons. The average molecular weight is 354 g/mol. The number of nitrogens with two attached hydrogens (primary N) is 1. The topological polar surface area (TPSA) is 104 Å². The first-order valence-electron chi connectivity index (χ1n) is 8.54. The van der Waals surface area contributed by atoms with Crippen LogP contribution in [0.15, 0.2) is 36.4 Å². The molecule has 2 aromatic rings. The van der Waals surface area contributed by atoms with Crippen molar-refractivity contribution in [3.63, 3.8) is 0 Å².